The topological polar surface area (TPSA) is 192 Å². The molecule has 0 aliphatic carbocycles. The first-order valence-corrected chi connectivity index (χ1v) is 15.9. The van der Waals surface area contributed by atoms with Gasteiger partial charge in [-0.25, -0.2) is 19.4 Å². The van der Waals surface area contributed by atoms with Gasteiger partial charge < -0.3 is 20.6 Å². The fourth-order valence-corrected chi connectivity index (χ4v) is 5.45. The van der Waals surface area contributed by atoms with Crippen molar-refractivity contribution in [1.82, 2.24) is 20.3 Å². The SMILES string of the molecule is Cc1cnc(C2=NC(C)(C(C)C)C(=O)N2)c(C(=O)O)c1.Cc1cnc2c(C(=O)O)c(Cl)ccc2c1.O=C(O)c1c(Cl)ccc2cc(Cl)cnc12. The fraction of sp³-hybridized carbons (Fsp3) is 0.200. The van der Waals surface area contributed by atoms with Crippen molar-refractivity contribution in [2.24, 2.45) is 10.9 Å². The Morgan fingerprint density at radius 3 is 1.74 bits per heavy atom. The predicted octanol–water partition coefficient (Wildman–Crippen LogP) is 7.51. The number of aromatic carboxylic acids is 3. The first kappa shape index (κ1) is 37.6. The number of pyridine rings is 3. The van der Waals surface area contributed by atoms with Crippen LogP contribution in [0.5, 0.6) is 0 Å². The molecule has 0 fully saturated rings. The zero-order chi connectivity index (χ0) is 37.1. The number of amidine groups is 1. The van der Waals surface area contributed by atoms with Crippen LogP contribution in [0.4, 0.5) is 0 Å². The summed E-state index contributed by atoms with van der Waals surface area (Å²) in [6.45, 7) is 9.19. The minimum Gasteiger partial charge on any atom is -0.478 e. The van der Waals surface area contributed by atoms with Gasteiger partial charge in [0.1, 0.15) is 22.4 Å². The highest BCUT2D eigenvalue weighted by atomic mass is 35.5. The molecule has 5 aromatic rings. The van der Waals surface area contributed by atoms with Gasteiger partial charge in [-0.1, -0.05) is 60.8 Å². The molecule has 1 aliphatic rings. The Kier molecular flexibility index (Phi) is 11.4. The first-order chi connectivity index (χ1) is 23.4. The Labute approximate surface area is 300 Å². The summed E-state index contributed by atoms with van der Waals surface area (Å²) in [7, 11) is 0. The molecule has 0 spiro atoms. The summed E-state index contributed by atoms with van der Waals surface area (Å²) >= 11 is 17.3. The van der Waals surface area contributed by atoms with Crippen LogP contribution in [0.25, 0.3) is 21.8 Å². The maximum atomic E-state index is 12.1. The molecule has 0 bridgehead atoms. The molecule has 3 aromatic heterocycles. The molecular weight excluding hydrogens is 709 g/mol. The smallest absolute Gasteiger partial charge is 0.339 e. The highest BCUT2D eigenvalue weighted by Gasteiger charge is 2.43. The number of halogens is 3. The molecule has 6 rings (SSSR count). The number of benzene rings is 2. The minimum absolute atomic E-state index is 0.00118. The van der Waals surface area contributed by atoms with Gasteiger partial charge in [-0.15, -0.1) is 0 Å². The lowest BCUT2D eigenvalue weighted by molar-refractivity contribution is -0.124. The Hall–Kier alpha value is -5.17. The quantitative estimate of drug-likeness (QED) is 0.140. The van der Waals surface area contributed by atoms with E-state index in [-0.39, 0.29) is 50.1 Å². The van der Waals surface area contributed by atoms with Crippen molar-refractivity contribution < 1.29 is 34.5 Å². The van der Waals surface area contributed by atoms with E-state index in [0.717, 1.165) is 16.5 Å². The molecule has 1 aliphatic heterocycles. The van der Waals surface area contributed by atoms with E-state index in [2.05, 4.69) is 25.3 Å². The van der Waals surface area contributed by atoms with E-state index in [4.69, 9.17) is 45.0 Å². The minimum atomic E-state index is -1.10. The van der Waals surface area contributed by atoms with E-state index in [0.29, 0.717) is 21.4 Å². The molecule has 12 nitrogen and oxygen atoms in total. The summed E-state index contributed by atoms with van der Waals surface area (Å²) in [5, 5.41) is 32.2. The van der Waals surface area contributed by atoms with Crippen molar-refractivity contribution in [3.8, 4) is 0 Å². The molecule has 0 saturated heterocycles. The van der Waals surface area contributed by atoms with Crippen LogP contribution < -0.4 is 5.32 Å². The maximum Gasteiger partial charge on any atom is 0.339 e. The van der Waals surface area contributed by atoms with Crippen molar-refractivity contribution in [2.75, 3.05) is 0 Å². The third-order valence-corrected chi connectivity index (χ3v) is 8.61. The number of carboxylic acid groups (broad SMARTS) is 3. The Bertz CT molecular complexity index is 2120. The lowest BCUT2D eigenvalue weighted by atomic mass is 9.89. The monoisotopic (exact) mass is 737 g/mol. The van der Waals surface area contributed by atoms with E-state index in [9.17, 15) is 24.3 Å². The van der Waals surface area contributed by atoms with Gasteiger partial charge in [-0.2, -0.15) is 0 Å². The van der Waals surface area contributed by atoms with Crippen LogP contribution in [0.1, 0.15) is 68.7 Å². The Morgan fingerprint density at radius 2 is 1.24 bits per heavy atom. The van der Waals surface area contributed by atoms with E-state index in [1.807, 2.05) is 26.8 Å². The number of aliphatic imine (C=N–C) groups is 1. The van der Waals surface area contributed by atoms with Crippen LogP contribution in [-0.4, -0.2) is 65.5 Å². The summed E-state index contributed by atoms with van der Waals surface area (Å²) in [6.07, 6.45) is 4.58. The number of carbonyl (C=O) groups is 4. The second-order valence-electron chi connectivity index (χ2n) is 11.7. The van der Waals surface area contributed by atoms with Crippen molar-refractivity contribution >= 4 is 86.3 Å². The van der Waals surface area contributed by atoms with Crippen molar-refractivity contribution in [2.45, 2.75) is 40.2 Å². The molecule has 15 heteroatoms. The average Bonchev–Trinajstić information content (AvgIpc) is 3.36. The van der Waals surface area contributed by atoms with Gasteiger partial charge >= 0.3 is 17.9 Å². The molecule has 1 unspecified atom stereocenters. The van der Waals surface area contributed by atoms with Crippen LogP contribution in [0.2, 0.25) is 15.1 Å². The summed E-state index contributed by atoms with van der Waals surface area (Å²) in [6, 6.07) is 11.6. The largest absolute Gasteiger partial charge is 0.478 e. The standard InChI is InChI=1S/C14H17N3O3.C11H8ClNO2.C10H5Cl2NO2/c1-7(2)14(4)13(20)16-11(17-14)10-9(12(18)19)5-8(3)6-15-10;1-6-4-7-2-3-8(12)9(11(14)15)10(7)13-5-6;11-6-3-5-1-2-7(12)8(10(14)15)9(5)13-4-6/h5-7H,1-4H3,(H,18,19)(H,16,17,20);2-5H,1H3,(H,14,15);1-4H,(H,14,15). The zero-order valence-electron chi connectivity index (χ0n) is 27.2. The van der Waals surface area contributed by atoms with E-state index >= 15 is 0 Å². The van der Waals surface area contributed by atoms with Gasteiger partial charge in [0.05, 0.1) is 31.7 Å². The molecule has 1 atom stereocenters. The normalized spacial score (nSPS) is 15.1. The highest BCUT2D eigenvalue weighted by Crippen LogP contribution is 2.28. The number of nitrogens with one attached hydrogen (secondary N) is 1. The van der Waals surface area contributed by atoms with E-state index in [1.54, 1.807) is 50.5 Å². The van der Waals surface area contributed by atoms with Crippen LogP contribution in [0.3, 0.4) is 0 Å². The number of hydrogen-bond acceptors (Lipinski definition) is 8. The Morgan fingerprint density at radius 1 is 0.740 bits per heavy atom. The van der Waals surface area contributed by atoms with E-state index < -0.39 is 23.4 Å². The summed E-state index contributed by atoms with van der Waals surface area (Å²) < 4.78 is 0. The molecule has 0 saturated carbocycles. The van der Waals surface area contributed by atoms with Gasteiger partial charge in [0, 0.05) is 29.4 Å². The number of carbonyl (C=O) groups excluding carboxylic acids is 1. The van der Waals surface area contributed by atoms with Gasteiger partial charge in [0.15, 0.2) is 5.84 Å². The average molecular weight is 739 g/mol. The van der Waals surface area contributed by atoms with Crippen LogP contribution in [-0.2, 0) is 4.79 Å². The van der Waals surface area contributed by atoms with Gasteiger partial charge in [-0.3, -0.25) is 19.7 Å². The number of aryl methyl sites for hydroxylation is 2. The highest BCUT2D eigenvalue weighted by molar-refractivity contribution is 6.36. The van der Waals surface area contributed by atoms with Gasteiger partial charge in [0.25, 0.3) is 5.91 Å². The third-order valence-electron chi connectivity index (χ3n) is 7.77. The van der Waals surface area contributed by atoms with Gasteiger partial charge in [-0.05, 0) is 68.1 Å². The first-order valence-electron chi connectivity index (χ1n) is 14.8. The van der Waals surface area contributed by atoms with Crippen LogP contribution in [0, 0.1) is 19.8 Å². The molecule has 50 heavy (non-hydrogen) atoms. The number of carboxylic acids is 3. The predicted molar refractivity (Wildman–Crippen MR) is 191 cm³/mol. The third kappa shape index (κ3) is 7.99. The number of aromatic nitrogens is 3. The second-order valence-corrected chi connectivity index (χ2v) is 12.9. The fourth-order valence-electron chi connectivity index (χ4n) is 4.81. The lowest BCUT2D eigenvalue weighted by Crippen LogP contribution is -2.41. The van der Waals surface area contributed by atoms with Crippen molar-refractivity contribution in [1.29, 1.82) is 0 Å². The van der Waals surface area contributed by atoms with Crippen molar-refractivity contribution in [3.05, 3.63) is 110 Å². The van der Waals surface area contributed by atoms with Crippen LogP contribution in [0.15, 0.2) is 66.0 Å². The summed E-state index contributed by atoms with van der Waals surface area (Å²) in [5.74, 6) is -3.25. The summed E-state index contributed by atoms with van der Waals surface area (Å²) in [4.78, 5) is 61.9. The van der Waals surface area contributed by atoms with E-state index in [1.165, 1.54) is 18.3 Å². The maximum absolute atomic E-state index is 12.1. The number of hydrogen-bond donors (Lipinski definition) is 4. The number of rotatable bonds is 5. The van der Waals surface area contributed by atoms with Crippen LogP contribution >= 0.6 is 34.8 Å². The van der Waals surface area contributed by atoms with Gasteiger partial charge in [0.2, 0.25) is 0 Å². The lowest BCUT2D eigenvalue weighted by Gasteiger charge is -2.21. The number of amides is 1. The second kappa shape index (κ2) is 15.2. The molecule has 258 valence electrons. The zero-order valence-corrected chi connectivity index (χ0v) is 29.5. The number of nitrogens with zero attached hydrogens (tertiary/aromatic N) is 4. The molecule has 0 radical (unpaired) electrons. The summed E-state index contributed by atoms with van der Waals surface area (Å²) in [5.41, 5.74) is 1.92. The molecular formula is C35H30Cl3N5O7. The van der Waals surface area contributed by atoms with Crippen molar-refractivity contribution in [3.63, 3.8) is 0 Å². The molecule has 4 heterocycles. The molecule has 1 amide bonds. The molecule has 4 N–H and O–H groups in total. The molecule has 2 aromatic carbocycles. The Balaban J connectivity index is 0.000000171. The number of fused-ring (bicyclic) bond motifs is 2.